The standard InChI is InChI=1S/C11H9N3S/c1-8-2-4-9(5-3-8)10-13-11-12-6-7-14(11)15-10/h2-7H,1H3. The SMILES string of the molecule is Cc1ccc(-c2nc3nccn3s2)cc1. The summed E-state index contributed by atoms with van der Waals surface area (Å²) in [6.45, 7) is 2.08. The Hall–Kier alpha value is -1.68. The molecule has 0 saturated carbocycles. The van der Waals surface area contributed by atoms with Crippen molar-refractivity contribution in [2.45, 2.75) is 6.92 Å². The third-order valence-corrected chi connectivity index (χ3v) is 3.26. The van der Waals surface area contributed by atoms with Crippen LogP contribution in [0.3, 0.4) is 0 Å². The highest BCUT2D eigenvalue weighted by molar-refractivity contribution is 7.10. The normalized spacial score (nSPS) is 11.0. The molecule has 3 aromatic rings. The van der Waals surface area contributed by atoms with Crippen molar-refractivity contribution >= 4 is 17.3 Å². The summed E-state index contributed by atoms with van der Waals surface area (Å²) in [6.07, 6.45) is 3.68. The Labute approximate surface area is 91.2 Å². The fraction of sp³-hybridized carbons (Fsp3) is 0.0909. The van der Waals surface area contributed by atoms with Crippen molar-refractivity contribution < 1.29 is 0 Å². The molecule has 0 N–H and O–H groups in total. The fourth-order valence-corrected chi connectivity index (χ4v) is 2.29. The molecule has 0 radical (unpaired) electrons. The van der Waals surface area contributed by atoms with Crippen LogP contribution in [0.4, 0.5) is 0 Å². The molecular formula is C11H9N3S. The van der Waals surface area contributed by atoms with Crippen LogP contribution < -0.4 is 0 Å². The Kier molecular flexibility index (Phi) is 1.82. The number of nitrogens with zero attached hydrogens (tertiary/aromatic N) is 3. The number of fused-ring (bicyclic) bond motifs is 1. The van der Waals surface area contributed by atoms with Gasteiger partial charge < -0.3 is 0 Å². The van der Waals surface area contributed by atoms with Crippen molar-refractivity contribution in [2.75, 3.05) is 0 Å². The zero-order valence-electron chi connectivity index (χ0n) is 8.21. The molecule has 0 aliphatic heterocycles. The lowest BCUT2D eigenvalue weighted by atomic mass is 10.2. The van der Waals surface area contributed by atoms with E-state index in [1.165, 1.54) is 5.56 Å². The Morgan fingerprint density at radius 1 is 1.20 bits per heavy atom. The molecule has 15 heavy (non-hydrogen) atoms. The van der Waals surface area contributed by atoms with Gasteiger partial charge in [0, 0.05) is 18.0 Å². The van der Waals surface area contributed by atoms with Gasteiger partial charge in [-0.2, -0.15) is 4.98 Å². The van der Waals surface area contributed by atoms with E-state index in [1.54, 1.807) is 17.7 Å². The van der Waals surface area contributed by atoms with Gasteiger partial charge in [0.15, 0.2) is 0 Å². The summed E-state index contributed by atoms with van der Waals surface area (Å²) in [5.74, 6) is 0.774. The Balaban J connectivity index is 2.13. The number of imidazole rings is 1. The first kappa shape index (κ1) is 8.61. The maximum atomic E-state index is 4.44. The number of hydrogen-bond donors (Lipinski definition) is 0. The lowest BCUT2D eigenvalue weighted by Crippen LogP contribution is -1.76. The predicted octanol–water partition coefficient (Wildman–Crippen LogP) is 2.77. The van der Waals surface area contributed by atoms with Gasteiger partial charge in [-0.15, -0.1) is 0 Å². The van der Waals surface area contributed by atoms with Gasteiger partial charge in [0.25, 0.3) is 0 Å². The molecule has 3 rings (SSSR count). The molecule has 1 aromatic carbocycles. The number of aromatic nitrogens is 3. The van der Waals surface area contributed by atoms with Crippen molar-refractivity contribution in [1.82, 2.24) is 13.8 Å². The highest BCUT2D eigenvalue weighted by Gasteiger charge is 2.05. The molecule has 0 bridgehead atoms. The largest absolute Gasteiger partial charge is 0.244 e. The summed E-state index contributed by atoms with van der Waals surface area (Å²) >= 11 is 1.61. The third kappa shape index (κ3) is 1.43. The van der Waals surface area contributed by atoms with Crippen molar-refractivity contribution in [1.29, 1.82) is 0 Å². The van der Waals surface area contributed by atoms with E-state index in [-0.39, 0.29) is 0 Å². The molecule has 0 unspecified atom stereocenters. The summed E-state index contributed by atoms with van der Waals surface area (Å²) in [5, 5.41) is 1.01. The van der Waals surface area contributed by atoms with Crippen LogP contribution in [-0.2, 0) is 0 Å². The van der Waals surface area contributed by atoms with Crippen molar-refractivity contribution in [3.05, 3.63) is 42.2 Å². The van der Waals surface area contributed by atoms with Gasteiger partial charge in [0.05, 0.1) is 0 Å². The number of rotatable bonds is 1. The molecule has 0 atom stereocenters. The van der Waals surface area contributed by atoms with E-state index in [4.69, 9.17) is 0 Å². The average Bonchev–Trinajstić information content (AvgIpc) is 2.78. The van der Waals surface area contributed by atoms with E-state index in [1.807, 2.05) is 9.99 Å². The lowest BCUT2D eigenvalue weighted by molar-refractivity contribution is 1.27. The molecule has 0 amide bonds. The zero-order valence-corrected chi connectivity index (χ0v) is 9.03. The van der Waals surface area contributed by atoms with Gasteiger partial charge in [0.2, 0.25) is 5.78 Å². The van der Waals surface area contributed by atoms with Crippen molar-refractivity contribution in [3.63, 3.8) is 0 Å². The second kappa shape index (κ2) is 3.17. The van der Waals surface area contributed by atoms with E-state index in [2.05, 4.69) is 41.2 Å². The van der Waals surface area contributed by atoms with Gasteiger partial charge in [-0.3, -0.25) is 0 Å². The van der Waals surface area contributed by atoms with Crippen molar-refractivity contribution in [2.24, 2.45) is 0 Å². The molecule has 74 valence electrons. The second-order valence-electron chi connectivity index (χ2n) is 3.43. The third-order valence-electron chi connectivity index (χ3n) is 2.27. The molecule has 0 saturated heterocycles. The molecule has 3 nitrogen and oxygen atoms in total. The van der Waals surface area contributed by atoms with Crippen LogP contribution in [0.25, 0.3) is 16.3 Å². The Morgan fingerprint density at radius 2 is 2.00 bits per heavy atom. The minimum Gasteiger partial charge on any atom is -0.237 e. The van der Waals surface area contributed by atoms with Crippen LogP contribution >= 0.6 is 11.5 Å². The smallest absolute Gasteiger partial charge is 0.237 e. The Morgan fingerprint density at radius 3 is 2.73 bits per heavy atom. The van der Waals surface area contributed by atoms with Crippen LogP contribution in [0, 0.1) is 6.92 Å². The van der Waals surface area contributed by atoms with Crippen molar-refractivity contribution in [3.8, 4) is 10.6 Å². The van der Waals surface area contributed by atoms with Gasteiger partial charge in [-0.1, -0.05) is 29.8 Å². The summed E-state index contributed by atoms with van der Waals surface area (Å²) in [7, 11) is 0. The van der Waals surface area contributed by atoms with E-state index in [9.17, 15) is 0 Å². The summed E-state index contributed by atoms with van der Waals surface area (Å²) < 4.78 is 1.97. The highest BCUT2D eigenvalue weighted by atomic mass is 32.1. The van der Waals surface area contributed by atoms with Gasteiger partial charge >= 0.3 is 0 Å². The number of benzene rings is 1. The first-order valence-corrected chi connectivity index (χ1v) is 5.48. The first-order valence-electron chi connectivity index (χ1n) is 4.70. The average molecular weight is 215 g/mol. The fourth-order valence-electron chi connectivity index (χ4n) is 1.45. The molecular weight excluding hydrogens is 206 g/mol. The zero-order chi connectivity index (χ0) is 10.3. The summed E-state index contributed by atoms with van der Waals surface area (Å²) in [6, 6.07) is 8.38. The van der Waals surface area contributed by atoms with E-state index < -0.39 is 0 Å². The lowest BCUT2D eigenvalue weighted by Gasteiger charge is -1.95. The van der Waals surface area contributed by atoms with Crippen LogP contribution in [-0.4, -0.2) is 13.8 Å². The number of aryl methyl sites for hydroxylation is 1. The first-order chi connectivity index (χ1) is 7.33. The molecule has 4 heteroatoms. The monoisotopic (exact) mass is 215 g/mol. The minimum atomic E-state index is 0.774. The van der Waals surface area contributed by atoms with E-state index in [0.29, 0.717) is 0 Å². The molecule has 2 heterocycles. The predicted molar refractivity (Wildman–Crippen MR) is 61.0 cm³/mol. The molecule has 0 fully saturated rings. The number of hydrogen-bond acceptors (Lipinski definition) is 3. The Bertz CT molecular complexity index is 563. The highest BCUT2D eigenvalue weighted by Crippen LogP contribution is 2.23. The van der Waals surface area contributed by atoms with E-state index >= 15 is 0 Å². The summed E-state index contributed by atoms with van der Waals surface area (Å²) in [5.41, 5.74) is 2.41. The van der Waals surface area contributed by atoms with Crippen LogP contribution in [0.5, 0.6) is 0 Å². The molecule has 0 aliphatic carbocycles. The molecule has 0 aliphatic rings. The quantitative estimate of drug-likeness (QED) is 0.624. The summed E-state index contributed by atoms with van der Waals surface area (Å²) in [4.78, 5) is 8.59. The van der Waals surface area contributed by atoms with Gasteiger partial charge in [0.1, 0.15) is 5.01 Å². The second-order valence-corrected chi connectivity index (χ2v) is 4.39. The molecule has 0 spiro atoms. The van der Waals surface area contributed by atoms with Crippen LogP contribution in [0.2, 0.25) is 0 Å². The minimum absolute atomic E-state index is 0.774. The van der Waals surface area contributed by atoms with Crippen LogP contribution in [0.15, 0.2) is 36.7 Å². The van der Waals surface area contributed by atoms with Crippen LogP contribution in [0.1, 0.15) is 5.56 Å². The topological polar surface area (TPSA) is 30.2 Å². The molecule has 2 aromatic heterocycles. The van der Waals surface area contributed by atoms with Gasteiger partial charge in [-0.25, -0.2) is 8.77 Å². The van der Waals surface area contributed by atoms with E-state index in [0.717, 1.165) is 16.3 Å². The maximum absolute atomic E-state index is 4.44. The van der Waals surface area contributed by atoms with Gasteiger partial charge in [-0.05, 0) is 18.5 Å². The maximum Gasteiger partial charge on any atom is 0.244 e.